The number of hydrazine groups is 1. The molecule has 0 radical (unpaired) electrons. The lowest BCUT2D eigenvalue weighted by atomic mass is 10.3. The molecule has 1 aromatic rings. The third kappa shape index (κ3) is 3.74. The van der Waals surface area contributed by atoms with Crippen LogP contribution in [0.15, 0.2) is 12.1 Å². The Hall–Kier alpha value is -1.54. The number of rotatable bonds is 3. The van der Waals surface area contributed by atoms with Gasteiger partial charge in [0.2, 0.25) is 0 Å². The molecule has 0 saturated carbocycles. The van der Waals surface area contributed by atoms with E-state index in [9.17, 15) is 18.0 Å². The van der Waals surface area contributed by atoms with E-state index in [2.05, 4.69) is 10.4 Å². The van der Waals surface area contributed by atoms with Gasteiger partial charge in [-0.15, -0.1) is 0 Å². The normalized spacial score (nSPS) is 11.2. The second kappa shape index (κ2) is 5.40. The number of anilines is 1. The molecule has 1 amide bonds. The first-order chi connectivity index (χ1) is 8.24. The van der Waals surface area contributed by atoms with Crippen molar-refractivity contribution in [1.29, 1.82) is 0 Å². The quantitative estimate of drug-likeness (QED) is 0.653. The molecule has 0 unspecified atom stereocenters. The summed E-state index contributed by atoms with van der Waals surface area (Å²) < 4.78 is 36.4. The lowest BCUT2D eigenvalue weighted by Gasteiger charge is -2.19. The summed E-state index contributed by atoms with van der Waals surface area (Å²) in [7, 11) is 1.01. The summed E-state index contributed by atoms with van der Waals surface area (Å²) in [6.07, 6.45) is -4.49. The van der Waals surface area contributed by atoms with E-state index in [1.807, 2.05) is 0 Å². The van der Waals surface area contributed by atoms with E-state index < -0.39 is 18.6 Å². The molecule has 9 heteroatoms. The van der Waals surface area contributed by atoms with Crippen LogP contribution >= 0.6 is 11.6 Å². The van der Waals surface area contributed by atoms with Crippen LogP contribution in [-0.4, -0.2) is 35.6 Å². The fourth-order valence-electron chi connectivity index (χ4n) is 1.19. The summed E-state index contributed by atoms with van der Waals surface area (Å²) >= 11 is 5.70. The highest BCUT2D eigenvalue weighted by Crippen LogP contribution is 2.20. The van der Waals surface area contributed by atoms with Gasteiger partial charge in [-0.05, 0) is 12.1 Å². The van der Waals surface area contributed by atoms with Crippen molar-refractivity contribution in [2.24, 2.45) is 5.84 Å². The zero-order valence-electron chi connectivity index (χ0n) is 9.25. The molecule has 0 fully saturated rings. The van der Waals surface area contributed by atoms with Crippen molar-refractivity contribution in [3.05, 3.63) is 22.8 Å². The number of nitrogen functional groups attached to an aromatic ring is 1. The SMILES string of the molecule is CN(CC(F)(F)F)C(=O)c1nc(NN)ccc1Cl. The van der Waals surface area contributed by atoms with Crippen LogP contribution in [0.2, 0.25) is 5.02 Å². The Labute approximate surface area is 106 Å². The molecule has 1 aromatic heterocycles. The van der Waals surface area contributed by atoms with Gasteiger partial charge >= 0.3 is 6.18 Å². The summed E-state index contributed by atoms with van der Waals surface area (Å²) in [6.45, 7) is -1.38. The van der Waals surface area contributed by atoms with Crippen molar-refractivity contribution in [3.8, 4) is 0 Å². The maximum Gasteiger partial charge on any atom is 0.406 e. The lowest BCUT2D eigenvalue weighted by molar-refractivity contribution is -0.138. The van der Waals surface area contributed by atoms with Crippen molar-refractivity contribution in [2.45, 2.75) is 6.18 Å². The number of halogens is 4. The van der Waals surface area contributed by atoms with Crippen LogP contribution < -0.4 is 11.3 Å². The Bertz CT molecular complexity index is 452. The van der Waals surface area contributed by atoms with Gasteiger partial charge in [0.15, 0.2) is 0 Å². The number of hydrogen-bond donors (Lipinski definition) is 2. The number of nitrogens with two attached hydrogens (primary N) is 1. The molecule has 0 aliphatic heterocycles. The lowest BCUT2D eigenvalue weighted by Crippen LogP contribution is -2.36. The molecule has 1 rings (SSSR count). The average molecular weight is 283 g/mol. The molecule has 0 atom stereocenters. The first-order valence-electron chi connectivity index (χ1n) is 4.70. The highest BCUT2D eigenvalue weighted by atomic mass is 35.5. The maximum atomic E-state index is 12.1. The number of carbonyl (C=O) groups is 1. The van der Waals surface area contributed by atoms with Crippen LogP contribution in [0, 0.1) is 0 Å². The Morgan fingerprint density at radius 2 is 2.17 bits per heavy atom. The highest BCUT2D eigenvalue weighted by Gasteiger charge is 2.32. The van der Waals surface area contributed by atoms with E-state index >= 15 is 0 Å². The average Bonchev–Trinajstić information content (AvgIpc) is 2.26. The molecule has 0 aliphatic carbocycles. The van der Waals surface area contributed by atoms with Crippen molar-refractivity contribution in [1.82, 2.24) is 9.88 Å². The number of nitrogens with zero attached hydrogens (tertiary/aromatic N) is 2. The summed E-state index contributed by atoms with van der Waals surface area (Å²) in [5, 5.41) is -0.0481. The third-order valence-electron chi connectivity index (χ3n) is 1.96. The standard InChI is InChI=1S/C9H10ClF3N4O/c1-17(4-9(11,12)13)8(18)7-5(10)2-3-6(15-7)16-14/h2-3H,4,14H2,1H3,(H,15,16). The predicted molar refractivity (Wildman–Crippen MR) is 60.1 cm³/mol. The van der Waals surface area contributed by atoms with Gasteiger partial charge in [-0.3, -0.25) is 4.79 Å². The van der Waals surface area contributed by atoms with Gasteiger partial charge in [0.1, 0.15) is 18.1 Å². The minimum atomic E-state index is -4.49. The van der Waals surface area contributed by atoms with E-state index in [0.717, 1.165) is 7.05 Å². The zero-order valence-corrected chi connectivity index (χ0v) is 10.0. The van der Waals surface area contributed by atoms with E-state index in [0.29, 0.717) is 4.90 Å². The Balaban J connectivity index is 2.96. The highest BCUT2D eigenvalue weighted by molar-refractivity contribution is 6.33. The van der Waals surface area contributed by atoms with Crippen LogP contribution in [0.4, 0.5) is 19.0 Å². The van der Waals surface area contributed by atoms with Crippen LogP contribution in [0.5, 0.6) is 0 Å². The molecule has 0 saturated heterocycles. The largest absolute Gasteiger partial charge is 0.406 e. The maximum absolute atomic E-state index is 12.1. The topological polar surface area (TPSA) is 71.2 Å². The number of nitrogens with one attached hydrogen (secondary N) is 1. The number of alkyl halides is 3. The van der Waals surface area contributed by atoms with Crippen LogP contribution in [0.3, 0.4) is 0 Å². The Morgan fingerprint density at radius 3 is 2.67 bits per heavy atom. The van der Waals surface area contributed by atoms with Gasteiger partial charge in [0, 0.05) is 7.05 Å². The fraction of sp³-hybridized carbons (Fsp3) is 0.333. The summed E-state index contributed by atoms with van der Waals surface area (Å²) in [4.78, 5) is 15.9. The molecular formula is C9H10ClF3N4O. The Morgan fingerprint density at radius 1 is 1.56 bits per heavy atom. The molecular weight excluding hydrogens is 273 g/mol. The van der Waals surface area contributed by atoms with Crippen LogP contribution in [-0.2, 0) is 0 Å². The van der Waals surface area contributed by atoms with Gasteiger partial charge in [0.25, 0.3) is 5.91 Å². The molecule has 0 aliphatic rings. The van der Waals surface area contributed by atoms with E-state index in [1.54, 1.807) is 0 Å². The van der Waals surface area contributed by atoms with Crippen molar-refractivity contribution < 1.29 is 18.0 Å². The van der Waals surface area contributed by atoms with Gasteiger partial charge in [-0.25, -0.2) is 10.8 Å². The van der Waals surface area contributed by atoms with E-state index in [-0.39, 0.29) is 16.5 Å². The molecule has 0 spiro atoms. The second-order valence-corrected chi connectivity index (χ2v) is 3.85. The van der Waals surface area contributed by atoms with Crippen LogP contribution in [0.25, 0.3) is 0 Å². The second-order valence-electron chi connectivity index (χ2n) is 3.45. The summed E-state index contributed by atoms with van der Waals surface area (Å²) in [6, 6.07) is 2.71. The van der Waals surface area contributed by atoms with Crippen molar-refractivity contribution in [3.63, 3.8) is 0 Å². The number of carbonyl (C=O) groups excluding carboxylic acids is 1. The predicted octanol–water partition coefficient (Wildman–Crippen LogP) is 1.65. The van der Waals surface area contributed by atoms with Crippen LogP contribution in [0.1, 0.15) is 10.5 Å². The molecule has 0 aromatic carbocycles. The summed E-state index contributed by atoms with van der Waals surface area (Å²) in [5.41, 5.74) is 1.88. The number of amides is 1. The number of aromatic nitrogens is 1. The van der Waals surface area contributed by atoms with E-state index in [4.69, 9.17) is 17.4 Å². The third-order valence-corrected chi connectivity index (χ3v) is 2.26. The molecule has 3 N–H and O–H groups in total. The number of hydrogen-bond acceptors (Lipinski definition) is 4. The minimum absolute atomic E-state index is 0.0481. The minimum Gasteiger partial charge on any atom is -0.331 e. The van der Waals surface area contributed by atoms with Crippen molar-refractivity contribution >= 4 is 23.3 Å². The molecule has 18 heavy (non-hydrogen) atoms. The summed E-state index contributed by atoms with van der Waals surface area (Å²) in [5.74, 6) is 4.28. The van der Waals surface area contributed by atoms with Gasteiger partial charge in [0.05, 0.1) is 5.02 Å². The molecule has 5 nitrogen and oxygen atoms in total. The smallest absolute Gasteiger partial charge is 0.331 e. The molecule has 1 heterocycles. The van der Waals surface area contributed by atoms with Gasteiger partial charge in [-0.1, -0.05) is 11.6 Å². The van der Waals surface area contributed by atoms with E-state index in [1.165, 1.54) is 12.1 Å². The van der Waals surface area contributed by atoms with Gasteiger partial charge in [-0.2, -0.15) is 13.2 Å². The monoisotopic (exact) mass is 282 g/mol. The van der Waals surface area contributed by atoms with Crippen molar-refractivity contribution in [2.75, 3.05) is 19.0 Å². The fourth-order valence-corrected chi connectivity index (χ4v) is 1.38. The molecule has 0 bridgehead atoms. The molecule has 100 valence electrons. The number of pyridine rings is 1. The zero-order chi connectivity index (χ0) is 13.9. The first kappa shape index (κ1) is 14.5. The first-order valence-corrected chi connectivity index (χ1v) is 5.08. The van der Waals surface area contributed by atoms with Gasteiger partial charge < -0.3 is 10.3 Å². The Kier molecular flexibility index (Phi) is 4.36.